The van der Waals surface area contributed by atoms with Gasteiger partial charge in [-0.2, -0.15) is 13.2 Å². The third-order valence-electron chi connectivity index (χ3n) is 5.96. The number of likely N-dealkylation sites (N-methyl/N-ethyl adjacent to an activating group) is 1. The number of rotatable bonds is 6. The summed E-state index contributed by atoms with van der Waals surface area (Å²) in [6.07, 6.45) is 4.15. The second-order valence-electron chi connectivity index (χ2n) is 8.83. The highest BCUT2D eigenvalue weighted by molar-refractivity contribution is 6.04. The molecule has 8 nitrogen and oxygen atoms in total. The summed E-state index contributed by atoms with van der Waals surface area (Å²) in [6, 6.07) is 5.38. The number of aromatic amines is 1. The summed E-state index contributed by atoms with van der Waals surface area (Å²) in [4.78, 5) is 28.1. The minimum Gasteiger partial charge on any atom is -0.332 e. The molecule has 1 fully saturated rings. The van der Waals surface area contributed by atoms with Crippen molar-refractivity contribution in [1.82, 2.24) is 24.8 Å². The lowest BCUT2D eigenvalue weighted by molar-refractivity contribution is -0.138. The van der Waals surface area contributed by atoms with Crippen LogP contribution in [0.5, 0.6) is 0 Å². The Morgan fingerprint density at radius 1 is 1.12 bits per heavy atom. The molecule has 1 aliphatic rings. The molecule has 1 aliphatic heterocycles. The molecule has 0 atom stereocenters. The Labute approximate surface area is 231 Å². The SMILES string of the molecule is CC.CN1CCN(Cc2ccc(NC(=O)c3cncc(C#Cc4ncc(/C=C\C=N)[nH]4)c3)cc2C(F)(F)F)CC1. The van der Waals surface area contributed by atoms with Crippen LogP contribution in [0.4, 0.5) is 18.9 Å². The van der Waals surface area contributed by atoms with E-state index in [2.05, 4.69) is 37.0 Å². The number of carbonyl (C=O) groups excluding carboxylic acids is 1. The molecule has 0 radical (unpaired) electrons. The lowest BCUT2D eigenvalue weighted by Gasteiger charge is -2.33. The first-order valence-electron chi connectivity index (χ1n) is 12.8. The summed E-state index contributed by atoms with van der Waals surface area (Å²) < 4.78 is 41.6. The number of halogens is 3. The smallest absolute Gasteiger partial charge is 0.332 e. The Balaban J connectivity index is 0.00000216. The quantitative estimate of drug-likeness (QED) is 0.299. The molecular formula is C29H32F3N7O. The van der Waals surface area contributed by atoms with Gasteiger partial charge in [0.25, 0.3) is 5.91 Å². The van der Waals surface area contributed by atoms with Gasteiger partial charge in [-0.1, -0.05) is 25.8 Å². The normalized spacial score (nSPS) is 14.2. The Morgan fingerprint density at radius 2 is 1.88 bits per heavy atom. The van der Waals surface area contributed by atoms with Crippen LogP contribution in [0.3, 0.4) is 0 Å². The molecule has 3 N–H and O–H groups in total. The summed E-state index contributed by atoms with van der Waals surface area (Å²) in [6.45, 7) is 7.19. The fourth-order valence-corrected chi connectivity index (χ4v) is 3.91. The minimum absolute atomic E-state index is 0.0435. The van der Waals surface area contributed by atoms with E-state index in [9.17, 15) is 18.0 Å². The number of piperazine rings is 1. The molecule has 1 amide bonds. The lowest BCUT2D eigenvalue weighted by atomic mass is 10.0. The van der Waals surface area contributed by atoms with Crippen molar-refractivity contribution < 1.29 is 18.0 Å². The predicted molar refractivity (Wildman–Crippen MR) is 150 cm³/mol. The highest BCUT2D eigenvalue weighted by atomic mass is 19.4. The van der Waals surface area contributed by atoms with E-state index in [1.54, 1.807) is 12.3 Å². The highest BCUT2D eigenvalue weighted by Crippen LogP contribution is 2.34. The Bertz CT molecular complexity index is 1390. The van der Waals surface area contributed by atoms with E-state index in [4.69, 9.17) is 5.41 Å². The molecule has 3 aromatic rings. The number of pyridine rings is 1. The van der Waals surface area contributed by atoms with Crippen molar-refractivity contribution in [2.75, 3.05) is 38.5 Å². The maximum absolute atomic E-state index is 13.9. The first kappa shape index (κ1) is 30.3. The fourth-order valence-electron chi connectivity index (χ4n) is 3.91. The molecule has 11 heteroatoms. The number of H-pyrrole nitrogens is 1. The molecule has 0 unspecified atom stereocenters. The molecule has 0 bridgehead atoms. The second-order valence-corrected chi connectivity index (χ2v) is 8.83. The third-order valence-corrected chi connectivity index (χ3v) is 5.96. The van der Waals surface area contributed by atoms with Crippen LogP contribution in [0.15, 0.2) is 48.9 Å². The number of benzene rings is 1. The standard InChI is InChI=1S/C27H26F3N7O.C2H6/c1-36-9-11-37(12-10-36)18-20-5-6-22(14-24(20)27(28,29)30)35-26(38)21-13-19(15-32-16-21)4-7-25-33-17-23(34-25)3-2-8-31;1-2/h2-3,5-6,8,13-17,31H,9-12,18H2,1H3,(H,33,34)(H,35,38);1-2H3/b3-2-,31-8?;. The van der Waals surface area contributed by atoms with Crippen LogP contribution in [0.25, 0.3) is 6.08 Å². The molecule has 210 valence electrons. The minimum atomic E-state index is -4.55. The van der Waals surface area contributed by atoms with Gasteiger partial charge >= 0.3 is 6.18 Å². The number of imidazole rings is 1. The van der Waals surface area contributed by atoms with Crippen LogP contribution in [0, 0.1) is 17.3 Å². The van der Waals surface area contributed by atoms with E-state index < -0.39 is 17.6 Å². The summed E-state index contributed by atoms with van der Waals surface area (Å²) in [5.74, 6) is 5.48. The van der Waals surface area contributed by atoms with Crippen molar-refractivity contribution in [3.05, 3.63) is 82.7 Å². The van der Waals surface area contributed by atoms with E-state index in [0.717, 1.165) is 25.4 Å². The van der Waals surface area contributed by atoms with E-state index in [-0.39, 0.29) is 23.4 Å². The Hall–Kier alpha value is -4.27. The molecule has 1 aromatic carbocycles. The Kier molecular flexibility index (Phi) is 10.8. The van der Waals surface area contributed by atoms with Gasteiger partial charge in [0, 0.05) is 62.6 Å². The summed E-state index contributed by atoms with van der Waals surface area (Å²) in [7, 11) is 1.99. The Morgan fingerprint density at radius 3 is 2.58 bits per heavy atom. The van der Waals surface area contributed by atoms with E-state index in [1.165, 1.54) is 36.7 Å². The third kappa shape index (κ3) is 8.62. The van der Waals surface area contributed by atoms with Crippen molar-refractivity contribution in [2.24, 2.45) is 0 Å². The average molecular weight is 552 g/mol. The summed E-state index contributed by atoms with van der Waals surface area (Å²) in [5, 5.41) is 9.55. The number of carbonyl (C=O) groups is 1. The zero-order chi connectivity index (χ0) is 29.1. The lowest BCUT2D eigenvalue weighted by Crippen LogP contribution is -2.44. The molecule has 0 aliphatic carbocycles. The van der Waals surface area contributed by atoms with Gasteiger partial charge in [-0.25, -0.2) is 4.98 Å². The maximum atomic E-state index is 13.9. The average Bonchev–Trinajstić information content (AvgIpc) is 3.41. The van der Waals surface area contributed by atoms with Crippen LogP contribution >= 0.6 is 0 Å². The van der Waals surface area contributed by atoms with Gasteiger partial charge in [0.2, 0.25) is 0 Å². The highest BCUT2D eigenvalue weighted by Gasteiger charge is 2.34. The van der Waals surface area contributed by atoms with Crippen molar-refractivity contribution >= 4 is 23.9 Å². The number of aromatic nitrogens is 3. The monoisotopic (exact) mass is 551 g/mol. The molecule has 3 heterocycles. The van der Waals surface area contributed by atoms with Crippen LogP contribution in [-0.2, 0) is 12.7 Å². The molecule has 0 saturated carbocycles. The number of hydrogen-bond donors (Lipinski definition) is 3. The zero-order valence-electron chi connectivity index (χ0n) is 22.6. The topological polar surface area (TPSA) is 101 Å². The van der Waals surface area contributed by atoms with Gasteiger partial charge < -0.3 is 20.6 Å². The number of nitrogens with one attached hydrogen (secondary N) is 3. The number of amides is 1. The largest absolute Gasteiger partial charge is 0.416 e. The van der Waals surface area contributed by atoms with Gasteiger partial charge in [0.1, 0.15) is 0 Å². The van der Waals surface area contributed by atoms with Crippen LogP contribution in [0.1, 0.15) is 52.4 Å². The van der Waals surface area contributed by atoms with Crippen LogP contribution in [-0.4, -0.2) is 70.1 Å². The number of allylic oxidation sites excluding steroid dienone is 1. The van der Waals surface area contributed by atoms with Gasteiger partial charge in [0.15, 0.2) is 5.82 Å². The summed E-state index contributed by atoms with van der Waals surface area (Å²) >= 11 is 0. The van der Waals surface area contributed by atoms with Gasteiger partial charge in [-0.05, 0) is 48.9 Å². The molecular weight excluding hydrogens is 519 g/mol. The first-order chi connectivity index (χ1) is 19.2. The first-order valence-corrected chi connectivity index (χ1v) is 12.8. The van der Waals surface area contributed by atoms with Crippen molar-refractivity contribution in [3.8, 4) is 11.8 Å². The number of anilines is 1. The van der Waals surface area contributed by atoms with Gasteiger partial charge in [0.05, 0.1) is 23.0 Å². The number of alkyl halides is 3. The molecule has 40 heavy (non-hydrogen) atoms. The number of nitrogens with zero attached hydrogens (tertiary/aromatic N) is 4. The molecule has 1 saturated heterocycles. The number of hydrogen-bond acceptors (Lipinski definition) is 6. The second kappa shape index (κ2) is 14.2. The maximum Gasteiger partial charge on any atom is 0.416 e. The predicted octanol–water partition coefficient (Wildman–Crippen LogP) is 4.91. The molecule has 0 spiro atoms. The van der Waals surface area contributed by atoms with Crippen molar-refractivity contribution in [1.29, 1.82) is 5.41 Å². The van der Waals surface area contributed by atoms with Crippen LogP contribution in [0.2, 0.25) is 0 Å². The van der Waals surface area contributed by atoms with E-state index in [1.807, 2.05) is 25.8 Å². The zero-order valence-corrected chi connectivity index (χ0v) is 22.6. The van der Waals surface area contributed by atoms with Crippen LogP contribution < -0.4 is 5.32 Å². The summed E-state index contributed by atoms with van der Waals surface area (Å²) in [5.41, 5.74) is 0.720. The van der Waals surface area contributed by atoms with Gasteiger partial charge in [-0.3, -0.25) is 14.7 Å². The van der Waals surface area contributed by atoms with Crippen molar-refractivity contribution in [3.63, 3.8) is 0 Å². The van der Waals surface area contributed by atoms with Gasteiger partial charge in [-0.15, -0.1) is 0 Å². The molecule has 4 rings (SSSR count). The fraction of sp³-hybridized carbons (Fsp3) is 0.310. The van der Waals surface area contributed by atoms with E-state index in [0.29, 0.717) is 30.2 Å². The van der Waals surface area contributed by atoms with E-state index >= 15 is 0 Å². The van der Waals surface area contributed by atoms with Crippen molar-refractivity contribution in [2.45, 2.75) is 26.6 Å². The molecule has 2 aromatic heterocycles.